The number of halogens is 1. The molecular weight excluding hydrogens is 499 g/mol. The van der Waals surface area contributed by atoms with Crippen molar-refractivity contribution in [2.45, 2.75) is 127 Å². The van der Waals surface area contributed by atoms with E-state index >= 15 is 0 Å². The highest BCUT2D eigenvalue weighted by molar-refractivity contribution is 5.73. The van der Waals surface area contributed by atoms with Crippen molar-refractivity contribution < 1.29 is 23.8 Å². The van der Waals surface area contributed by atoms with Crippen molar-refractivity contribution in [3.8, 4) is 12.3 Å². The zero-order chi connectivity index (χ0) is 28.1. The third-order valence-electron chi connectivity index (χ3n) is 7.80. The molecule has 8 nitrogen and oxygen atoms in total. The summed E-state index contributed by atoms with van der Waals surface area (Å²) in [5.74, 6) is 2.24. The third-order valence-corrected chi connectivity index (χ3v) is 7.80. The summed E-state index contributed by atoms with van der Waals surface area (Å²) >= 11 is 0. The highest BCUT2D eigenvalue weighted by Gasteiger charge is 2.50. The highest BCUT2D eigenvalue weighted by atomic mass is 19.1. The first-order chi connectivity index (χ1) is 18.9. The van der Waals surface area contributed by atoms with Crippen molar-refractivity contribution in [3.63, 3.8) is 0 Å². The van der Waals surface area contributed by atoms with Crippen LogP contribution < -0.4 is 5.73 Å². The van der Waals surface area contributed by atoms with E-state index in [1.807, 2.05) is 0 Å². The smallest absolute Gasteiger partial charge is 0.310 e. The van der Waals surface area contributed by atoms with Crippen LogP contribution in [0.1, 0.15) is 109 Å². The molecule has 1 unspecified atom stereocenters. The van der Waals surface area contributed by atoms with Gasteiger partial charge in [-0.25, -0.2) is 4.98 Å². The second-order valence-electron chi connectivity index (χ2n) is 10.9. The molecule has 4 atom stereocenters. The number of aliphatic hydroxyl groups is 1. The number of aliphatic hydroxyl groups excluding tert-OH is 1. The summed E-state index contributed by atoms with van der Waals surface area (Å²) in [4.78, 5) is 24.4. The van der Waals surface area contributed by atoms with Crippen LogP contribution in [0.15, 0.2) is 4.99 Å². The molecule has 0 spiro atoms. The zero-order valence-electron chi connectivity index (χ0n) is 23.4. The second-order valence-corrected chi connectivity index (χ2v) is 10.9. The van der Waals surface area contributed by atoms with E-state index in [1.165, 1.54) is 51.4 Å². The molecule has 39 heavy (non-hydrogen) atoms. The first-order valence-corrected chi connectivity index (χ1v) is 14.7. The quantitative estimate of drug-likeness (QED) is 0.120. The van der Waals surface area contributed by atoms with Gasteiger partial charge in [-0.3, -0.25) is 9.79 Å². The zero-order valence-corrected chi connectivity index (χ0v) is 23.4. The van der Waals surface area contributed by atoms with Gasteiger partial charge in [0, 0.05) is 19.1 Å². The summed E-state index contributed by atoms with van der Waals surface area (Å²) in [6.45, 7) is 1.80. The number of aliphatic imine (C=N–C) groups is 1. The molecule has 0 amide bonds. The van der Waals surface area contributed by atoms with Crippen LogP contribution in [0.5, 0.6) is 0 Å². The fraction of sp³-hybridized carbons (Fsp3) is 0.733. The molecule has 3 N–H and O–H groups in total. The van der Waals surface area contributed by atoms with Crippen LogP contribution >= 0.6 is 0 Å². The van der Waals surface area contributed by atoms with Crippen LogP contribution in [0.2, 0.25) is 0 Å². The van der Waals surface area contributed by atoms with Gasteiger partial charge in [-0.1, -0.05) is 77.1 Å². The number of aromatic nitrogens is 2. The van der Waals surface area contributed by atoms with Gasteiger partial charge in [0.2, 0.25) is 0 Å². The minimum Gasteiger partial charge on any atom is -0.458 e. The molecule has 216 valence electrons. The average Bonchev–Trinajstić information content (AvgIpc) is 3.12. The summed E-state index contributed by atoms with van der Waals surface area (Å²) in [7, 11) is 0. The molecule has 1 aromatic rings. The number of carbonyl (C=O) groups is 1. The van der Waals surface area contributed by atoms with E-state index in [0.29, 0.717) is 43.5 Å². The molecule has 3 rings (SSSR count). The summed E-state index contributed by atoms with van der Waals surface area (Å²) in [5, 5.41) is 10.1. The lowest BCUT2D eigenvalue weighted by molar-refractivity contribution is -0.158. The molecule has 2 aliphatic rings. The van der Waals surface area contributed by atoms with E-state index in [9.17, 15) is 14.3 Å². The normalized spacial score (nSPS) is 24.2. The number of ether oxygens (including phenoxy) is 2. The van der Waals surface area contributed by atoms with Gasteiger partial charge in [0.15, 0.2) is 11.4 Å². The van der Waals surface area contributed by atoms with Crippen molar-refractivity contribution >= 4 is 23.7 Å². The van der Waals surface area contributed by atoms with Crippen LogP contribution in [0.3, 0.4) is 0 Å². The van der Waals surface area contributed by atoms with Crippen LogP contribution in [0.4, 0.5) is 15.9 Å². The van der Waals surface area contributed by atoms with Crippen molar-refractivity contribution in [1.29, 1.82) is 0 Å². The Balaban J connectivity index is 1.40. The topological polar surface area (TPSA) is 120 Å². The van der Waals surface area contributed by atoms with Crippen LogP contribution in [-0.2, 0) is 20.7 Å². The van der Waals surface area contributed by atoms with E-state index in [4.69, 9.17) is 21.6 Å². The molecule has 9 heteroatoms. The first kappa shape index (κ1) is 31.0. The number of anilines is 1. The number of terminal acetylenes is 1. The maximum atomic E-state index is 13.6. The minimum absolute atomic E-state index is 0.00776. The Morgan fingerprint density at radius 1 is 1.18 bits per heavy atom. The number of aryl methyl sites for hydroxylation is 1. The van der Waals surface area contributed by atoms with Gasteiger partial charge < -0.3 is 20.3 Å². The van der Waals surface area contributed by atoms with Gasteiger partial charge in [0.1, 0.15) is 11.8 Å². The molecule has 0 aliphatic carbocycles. The van der Waals surface area contributed by atoms with Gasteiger partial charge in [-0.05, 0) is 31.6 Å². The van der Waals surface area contributed by atoms with Crippen molar-refractivity contribution in [2.75, 3.05) is 12.3 Å². The Bertz CT molecular complexity index is 998. The summed E-state index contributed by atoms with van der Waals surface area (Å²) in [6, 6.07) is 0. The Morgan fingerprint density at radius 2 is 1.85 bits per heavy atom. The van der Waals surface area contributed by atoms with E-state index in [1.54, 1.807) is 6.21 Å². The number of unbranched alkanes of at least 4 members (excludes halogenated alkanes) is 10. The van der Waals surface area contributed by atoms with Gasteiger partial charge in [0.25, 0.3) is 0 Å². The number of nitrogen functional groups attached to an aromatic ring is 1. The number of nitrogens with two attached hydrogens (primary N) is 1. The SMILES string of the molecule is C#C[C@]1(CO)O[C@@H](CC2C=Nc3c(N)nc(F)nc3CC2)C[C@@H]1OC(=O)CCCCCCCCCCCCC. The molecular formula is C30H45FN4O4. The van der Waals surface area contributed by atoms with Crippen LogP contribution in [-0.4, -0.2) is 51.7 Å². The van der Waals surface area contributed by atoms with E-state index in [2.05, 4.69) is 27.8 Å². The summed E-state index contributed by atoms with van der Waals surface area (Å²) < 4.78 is 25.4. The molecule has 0 aromatic carbocycles. The number of nitrogens with zero attached hydrogens (tertiary/aromatic N) is 3. The molecule has 0 radical (unpaired) electrons. The largest absolute Gasteiger partial charge is 0.458 e. The fourth-order valence-electron chi connectivity index (χ4n) is 5.50. The third kappa shape index (κ3) is 9.25. The lowest BCUT2D eigenvalue weighted by Crippen LogP contribution is -2.44. The first-order valence-electron chi connectivity index (χ1n) is 14.7. The summed E-state index contributed by atoms with van der Waals surface area (Å²) in [6.07, 6.45) is 21.3. The van der Waals surface area contributed by atoms with Gasteiger partial charge in [-0.2, -0.15) is 9.37 Å². The number of fused-ring (bicyclic) bond motifs is 1. The molecule has 0 saturated carbocycles. The van der Waals surface area contributed by atoms with Gasteiger partial charge >= 0.3 is 12.0 Å². The number of esters is 1. The molecule has 1 fully saturated rings. The predicted octanol–water partition coefficient (Wildman–Crippen LogP) is 5.62. The van der Waals surface area contributed by atoms with E-state index in [0.717, 1.165) is 19.3 Å². The van der Waals surface area contributed by atoms with E-state index in [-0.39, 0.29) is 23.8 Å². The fourth-order valence-corrected chi connectivity index (χ4v) is 5.50. The van der Waals surface area contributed by atoms with Gasteiger partial charge in [0.05, 0.1) is 18.4 Å². The number of hydrogen-bond acceptors (Lipinski definition) is 8. The van der Waals surface area contributed by atoms with Crippen molar-refractivity contribution in [2.24, 2.45) is 10.9 Å². The molecule has 1 aromatic heterocycles. The number of hydrogen-bond donors (Lipinski definition) is 2. The predicted molar refractivity (Wildman–Crippen MR) is 150 cm³/mol. The summed E-state index contributed by atoms with van der Waals surface area (Å²) in [5.41, 5.74) is 5.34. The van der Waals surface area contributed by atoms with Crippen LogP contribution in [0.25, 0.3) is 0 Å². The Morgan fingerprint density at radius 3 is 2.49 bits per heavy atom. The van der Waals surface area contributed by atoms with Crippen molar-refractivity contribution in [3.05, 3.63) is 11.8 Å². The number of rotatable bonds is 16. The molecule has 3 heterocycles. The van der Waals surface area contributed by atoms with Crippen molar-refractivity contribution in [1.82, 2.24) is 9.97 Å². The minimum atomic E-state index is -1.36. The lowest BCUT2D eigenvalue weighted by atomic mass is 9.93. The molecule has 1 saturated heterocycles. The van der Waals surface area contributed by atoms with E-state index < -0.39 is 24.4 Å². The highest BCUT2D eigenvalue weighted by Crippen LogP contribution is 2.37. The maximum Gasteiger partial charge on any atom is 0.310 e. The van der Waals surface area contributed by atoms with Crippen LogP contribution in [0, 0.1) is 24.3 Å². The van der Waals surface area contributed by atoms with Gasteiger partial charge in [-0.15, -0.1) is 6.42 Å². The average molecular weight is 545 g/mol. The Hall–Kier alpha value is -2.57. The number of carbonyl (C=O) groups excluding carboxylic acids is 1. The Labute approximate surface area is 232 Å². The Kier molecular flexibility index (Phi) is 12.6. The second kappa shape index (κ2) is 15.9. The molecule has 2 aliphatic heterocycles. The monoisotopic (exact) mass is 544 g/mol. The maximum absolute atomic E-state index is 13.6. The standard InChI is InChI=1S/C30H45FN4O4/c1-3-5-6-7-8-9-10-11-12-13-14-15-26(37)38-25-19-23(39-30(25,4-2)21-36)18-22-16-17-24-27(33-20-22)28(32)35-29(31)34-24/h2,20,22-23,25,36H,3,5-19,21H2,1H3,(H2,32,34,35)/t22?,23-,25-,30+/m0/s1. The lowest BCUT2D eigenvalue weighted by Gasteiger charge is -2.27. The molecule has 0 bridgehead atoms.